The number of pyridine rings is 1. The molecule has 0 aliphatic carbocycles. The van der Waals surface area contributed by atoms with Gasteiger partial charge >= 0.3 is 0 Å². The molecule has 0 saturated carbocycles. The van der Waals surface area contributed by atoms with Crippen LogP contribution in [-0.2, 0) is 16.8 Å². The third-order valence-electron chi connectivity index (χ3n) is 1.82. The molecule has 0 unspecified atom stereocenters. The maximum atomic E-state index is 10.7. The summed E-state index contributed by atoms with van der Waals surface area (Å²) in [5.74, 6) is 0.486. The van der Waals surface area contributed by atoms with E-state index in [-0.39, 0.29) is 6.54 Å². The zero-order valence-electron chi connectivity index (χ0n) is 7.66. The minimum absolute atomic E-state index is 0.0179. The Morgan fingerprint density at radius 3 is 2.93 bits per heavy atom. The molecule has 0 saturated heterocycles. The van der Waals surface area contributed by atoms with Gasteiger partial charge in [0.25, 0.3) is 10.2 Å². The van der Waals surface area contributed by atoms with Gasteiger partial charge in [0, 0.05) is 6.20 Å². The number of rotatable bonds is 3. The molecule has 0 bridgehead atoms. The van der Waals surface area contributed by atoms with Crippen LogP contribution in [0.4, 0.5) is 0 Å². The normalized spacial score (nSPS) is 12.1. The van der Waals surface area contributed by atoms with Crippen LogP contribution in [0.15, 0.2) is 24.4 Å². The summed E-state index contributed by atoms with van der Waals surface area (Å²) >= 11 is 0. The van der Waals surface area contributed by atoms with Crippen molar-refractivity contribution in [1.29, 1.82) is 0 Å². The number of aromatic nitrogens is 3. The molecule has 0 aromatic carbocycles. The van der Waals surface area contributed by atoms with E-state index < -0.39 is 10.2 Å². The van der Waals surface area contributed by atoms with Crippen LogP contribution in [0.3, 0.4) is 0 Å². The van der Waals surface area contributed by atoms with E-state index in [1.165, 1.54) is 0 Å². The van der Waals surface area contributed by atoms with Crippen LogP contribution >= 0.6 is 0 Å². The average molecular weight is 227 g/mol. The molecule has 2 rings (SSSR count). The second-order valence-electron chi connectivity index (χ2n) is 2.91. The molecule has 0 aliphatic rings. The number of hydrogen-bond donors (Lipinski definition) is 2. The van der Waals surface area contributed by atoms with Crippen LogP contribution in [0.5, 0.6) is 0 Å². The van der Waals surface area contributed by atoms with E-state index in [4.69, 9.17) is 5.14 Å². The van der Waals surface area contributed by atoms with E-state index in [0.717, 1.165) is 0 Å². The van der Waals surface area contributed by atoms with E-state index >= 15 is 0 Å². The molecule has 2 aromatic rings. The van der Waals surface area contributed by atoms with Crippen molar-refractivity contribution in [3.05, 3.63) is 30.2 Å². The first-order valence-corrected chi connectivity index (χ1v) is 5.67. The predicted octanol–water partition coefficient (Wildman–Crippen LogP) is -0.978. The van der Waals surface area contributed by atoms with Gasteiger partial charge < -0.3 is 0 Å². The van der Waals surface area contributed by atoms with Crippen LogP contribution in [0.1, 0.15) is 5.82 Å². The van der Waals surface area contributed by atoms with Gasteiger partial charge in [-0.1, -0.05) is 6.07 Å². The van der Waals surface area contributed by atoms with Crippen LogP contribution in [0.25, 0.3) is 5.65 Å². The first-order chi connectivity index (χ1) is 7.06. The predicted molar refractivity (Wildman–Crippen MR) is 52.9 cm³/mol. The molecule has 3 N–H and O–H groups in total. The van der Waals surface area contributed by atoms with Gasteiger partial charge in [-0.3, -0.25) is 4.40 Å². The second kappa shape index (κ2) is 3.57. The summed E-state index contributed by atoms with van der Waals surface area (Å²) < 4.78 is 25.2. The number of nitrogens with zero attached hydrogens (tertiary/aromatic N) is 3. The monoisotopic (exact) mass is 227 g/mol. The average Bonchev–Trinajstić information content (AvgIpc) is 2.57. The molecule has 0 spiro atoms. The summed E-state index contributed by atoms with van der Waals surface area (Å²) in [4.78, 5) is 0. The highest BCUT2D eigenvalue weighted by molar-refractivity contribution is 7.87. The molecule has 2 aromatic heterocycles. The van der Waals surface area contributed by atoms with Crippen molar-refractivity contribution in [3.63, 3.8) is 0 Å². The van der Waals surface area contributed by atoms with Crippen molar-refractivity contribution in [3.8, 4) is 0 Å². The standard InChI is InChI=1S/C7H9N5O2S/c8-15(13,14)9-5-7-11-10-6-3-1-2-4-12(6)7/h1-4,9H,5H2,(H2,8,13,14). The summed E-state index contributed by atoms with van der Waals surface area (Å²) in [6.07, 6.45) is 1.75. The minimum Gasteiger partial charge on any atom is -0.285 e. The number of nitrogens with two attached hydrogens (primary N) is 1. The molecular weight excluding hydrogens is 218 g/mol. The van der Waals surface area contributed by atoms with Gasteiger partial charge in [0.15, 0.2) is 11.5 Å². The highest BCUT2D eigenvalue weighted by Crippen LogP contribution is 2.02. The Morgan fingerprint density at radius 2 is 2.20 bits per heavy atom. The van der Waals surface area contributed by atoms with Crippen LogP contribution in [0, 0.1) is 0 Å². The van der Waals surface area contributed by atoms with Gasteiger partial charge in [-0.2, -0.15) is 13.1 Å². The fourth-order valence-electron chi connectivity index (χ4n) is 1.18. The molecular formula is C7H9N5O2S. The molecule has 0 atom stereocenters. The second-order valence-corrected chi connectivity index (χ2v) is 4.29. The third kappa shape index (κ3) is 2.29. The fraction of sp³-hybridized carbons (Fsp3) is 0.143. The molecule has 80 valence electrons. The Labute approximate surface area is 86.1 Å². The topological polar surface area (TPSA) is 102 Å². The van der Waals surface area contributed by atoms with Gasteiger partial charge in [-0.15, -0.1) is 10.2 Å². The first kappa shape index (κ1) is 10.0. The molecule has 8 heteroatoms. The lowest BCUT2D eigenvalue weighted by molar-refractivity contribution is 0.580. The van der Waals surface area contributed by atoms with E-state index in [2.05, 4.69) is 14.9 Å². The lowest BCUT2D eigenvalue weighted by Crippen LogP contribution is -2.30. The highest BCUT2D eigenvalue weighted by Gasteiger charge is 2.07. The number of nitrogens with one attached hydrogen (secondary N) is 1. The minimum atomic E-state index is -3.70. The van der Waals surface area contributed by atoms with E-state index in [0.29, 0.717) is 11.5 Å². The van der Waals surface area contributed by atoms with Crippen molar-refractivity contribution in [2.24, 2.45) is 5.14 Å². The van der Waals surface area contributed by atoms with Crippen molar-refractivity contribution in [2.45, 2.75) is 6.54 Å². The van der Waals surface area contributed by atoms with Gasteiger partial charge in [0.05, 0.1) is 6.54 Å². The van der Waals surface area contributed by atoms with Crippen LogP contribution < -0.4 is 9.86 Å². The number of fused-ring (bicyclic) bond motifs is 1. The molecule has 0 amide bonds. The Morgan fingerprint density at radius 1 is 1.40 bits per heavy atom. The van der Waals surface area contributed by atoms with E-state index in [1.807, 2.05) is 6.07 Å². The number of hydrogen-bond acceptors (Lipinski definition) is 4. The van der Waals surface area contributed by atoms with Gasteiger partial charge in [-0.25, -0.2) is 5.14 Å². The van der Waals surface area contributed by atoms with E-state index in [9.17, 15) is 8.42 Å². The van der Waals surface area contributed by atoms with Gasteiger partial charge in [0.2, 0.25) is 0 Å². The molecule has 2 heterocycles. The molecule has 0 radical (unpaired) electrons. The van der Waals surface area contributed by atoms with Gasteiger partial charge in [-0.05, 0) is 12.1 Å². The zero-order valence-corrected chi connectivity index (χ0v) is 8.48. The fourth-order valence-corrected chi connectivity index (χ4v) is 1.51. The van der Waals surface area contributed by atoms with Crippen molar-refractivity contribution in [2.75, 3.05) is 0 Å². The smallest absolute Gasteiger partial charge is 0.274 e. The Bertz CT molecular complexity index is 576. The quantitative estimate of drug-likeness (QED) is 0.703. The summed E-state index contributed by atoms with van der Waals surface area (Å²) in [7, 11) is -3.70. The molecule has 0 aliphatic heterocycles. The summed E-state index contributed by atoms with van der Waals surface area (Å²) in [6.45, 7) is 0.0179. The lowest BCUT2D eigenvalue weighted by Gasteiger charge is -1.99. The van der Waals surface area contributed by atoms with E-state index in [1.54, 1.807) is 22.7 Å². The first-order valence-electron chi connectivity index (χ1n) is 4.12. The SMILES string of the molecule is NS(=O)(=O)NCc1nnc2ccccn12. The van der Waals surface area contributed by atoms with Crippen LogP contribution in [-0.4, -0.2) is 23.0 Å². The maximum absolute atomic E-state index is 10.7. The van der Waals surface area contributed by atoms with Crippen molar-refractivity contribution < 1.29 is 8.42 Å². The largest absolute Gasteiger partial charge is 0.285 e. The lowest BCUT2D eigenvalue weighted by atomic mass is 10.5. The van der Waals surface area contributed by atoms with Crippen molar-refractivity contribution in [1.82, 2.24) is 19.3 Å². The zero-order chi connectivity index (χ0) is 10.9. The molecule has 7 nitrogen and oxygen atoms in total. The Hall–Kier alpha value is -1.51. The van der Waals surface area contributed by atoms with Gasteiger partial charge in [0.1, 0.15) is 0 Å². The summed E-state index contributed by atoms with van der Waals surface area (Å²) in [5.41, 5.74) is 0.656. The molecule has 15 heavy (non-hydrogen) atoms. The summed E-state index contributed by atoms with van der Waals surface area (Å²) in [5, 5.41) is 12.5. The Kier molecular flexibility index (Phi) is 2.39. The van der Waals surface area contributed by atoms with Crippen LogP contribution in [0.2, 0.25) is 0 Å². The summed E-state index contributed by atoms with van der Waals surface area (Å²) in [6, 6.07) is 5.39. The molecule has 0 fully saturated rings. The third-order valence-corrected chi connectivity index (χ3v) is 2.36. The highest BCUT2D eigenvalue weighted by atomic mass is 32.2. The maximum Gasteiger partial charge on any atom is 0.274 e. The Balaban J connectivity index is 2.29. The van der Waals surface area contributed by atoms with Crippen molar-refractivity contribution >= 4 is 15.9 Å².